The molecule has 5 nitrogen and oxygen atoms in total. The highest BCUT2D eigenvalue weighted by Gasteiger charge is 2.30. The van der Waals surface area contributed by atoms with Crippen molar-refractivity contribution in [2.75, 3.05) is 13.1 Å². The molecular formula is C13H21N3O2. The van der Waals surface area contributed by atoms with Crippen LogP contribution in [0.3, 0.4) is 0 Å². The molecule has 2 rings (SSSR count). The maximum absolute atomic E-state index is 11.9. The van der Waals surface area contributed by atoms with Crippen LogP contribution in [0, 0.1) is 0 Å². The van der Waals surface area contributed by atoms with E-state index in [1.165, 1.54) is 5.56 Å². The number of carbonyl (C=O) groups excluding carboxylic acids is 1. The van der Waals surface area contributed by atoms with Gasteiger partial charge in [-0.1, -0.05) is 0 Å². The number of nitrogens with zero attached hydrogens (tertiary/aromatic N) is 3. The molecule has 1 saturated heterocycles. The fourth-order valence-corrected chi connectivity index (χ4v) is 2.18. The van der Waals surface area contributed by atoms with Crippen LogP contribution in [-0.2, 0) is 11.8 Å². The fourth-order valence-electron chi connectivity index (χ4n) is 2.18. The van der Waals surface area contributed by atoms with Crippen molar-refractivity contribution in [1.29, 1.82) is 0 Å². The largest absolute Gasteiger partial charge is 0.444 e. The molecule has 0 radical (unpaired) electrons. The predicted molar refractivity (Wildman–Crippen MR) is 68.4 cm³/mol. The minimum absolute atomic E-state index is 0.214. The van der Waals surface area contributed by atoms with Crippen LogP contribution in [-0.4, -0.2) is 39.5 Å². The summed E-state index contributed by atoms with van der Waals surface area (Å²) in [5, 5.41) is 4.17. The summed E-state index contributed by atoms with van der Waals surface area (Å²) in [5.41, 5.74) is 0.771. The van der Waals surface area contributed by atoms with Crippen molar-refractivity contribution in [2.24, 2.45) is 7.05 Å². The number of likely N-dealkylation sites (tertiary alicyclic amines) is 1. The third-order valence-electron chi connectivity index (χ3n) is 3.04. The zero-order valence-electron chi connectivity index (χ0n) is 11.5. The lowest BCUT2D eigenvalue weighted by Crippen LogP contribution is -2.35. The van der Waals surface area contributed by atoms with E-state index in [4.69, 9.17) is 4.74 Å². The Labute approximate surface area is 108 Å². The molecule has 1 aromatic rings. The topological polar surface area (TPSA) is 47.4 Å². The van der Waals surface area contributed by atoms with Gasteiger partial charge in [-0.25, -0.2) is 4.79 Å². The molecule has 1 unspecified atom stereocenters. The second-order valence-electron chi connectivity index (χ2n) is 5.86. The number of aromatic nitrogens is 2. The van der Waals surface area contributed by atoms with Crippen LogP contribution in [0.4, 0.5) is 4.79 Å². The molecular weight excluding hydrogens is 230 g/mol. The van der Waals surface area contributed by atoms with E-state index < -0.39 is 5.60 Å². The van der Waals surface area contributed by atoms with Crippen LogP contribution in [0.5, 0.6) is 0 Å². The minimum atomic E-state index is -0.427. The average molecular weight is 251 g/mol. The summed E-state index contributed by atoms with van der Waals surface area (Å²) in [6.45, 7) is 7.15. The molecule has 0 saturated carbocycles. The fraction of sp³-hybridized carbons (Fsp3) is 0.692. The number of amides is 1. The van der Waals surface area contributed by atoms with E-state index in [2.05, 4.69) is 5.10 Å². The second kappa shape index (κ2) is 4.63. The molecule has 0 aromatic carbocycles. The molecule has 0 spiro atoms. The van der Waals surface area contributed by atoms with E-state index in [0.29, 0.717) is 5.92 Å². The summed E-state index contributed by atoms with van der Waals surface area (Å²) in [4.78, 5) is 13.7. The first-order valence-electron chi connectivity index (χ1n) is 6.31. The quantitative estimate of drug-likeness (QED) is 0.768. The van der Waals surface area contributed by atoms with Gasteiger partial charge in [0, 0.05) is 32.3 Å². The third kappa shape index (κ3) is 3.03. The van der Waals surface area contributed by atoms with Gasteiger partial charge < -0.3 is 9.64 Å². The molecule has 1 aromatic heterocycles. The lowest BCUT2D eigenvalue weighted by atomic mass is 10.0. The Balaban J connectivity index is 1.94. The molecule has 1 aliphatic rings. The normalized spacial score (nSPS) is 20.2. The monoisotopic (exact) mass is 251 g/mol. The molecule has 5 heteroatoms. The standard InChI is InChI=1S/C13H21N3O2/c1-13(2,3)18-12(17)16-6-5-10(9-16)11-7-14-15(4)8-11/h7-8,10H,5-6,9H2,1-4H3. The van der Waals surface area contributed by atoms with E-state index in [9.17, 15) is 4.79 Å². The van der Waals surface area contributed by atoms with E-state index in [0.717, 1.165) is 19.5 Å². The summed E-state index contributed by atoms with van der Waals surface area (Å²) < 4.78 is 7.17. The van der Waals surface area contributed by atoms with Gasteiger partial charge in [-0.15, -0.1) is 0 Å². The number of hydrogen-bond acceptors (Lipinski definition) is 3. The summed E-state index contributed by atoms with van der Waals surface area (Å²) >= 11 is 0. The minimum Gasteiger partial charge on any atom is -0.444 e. The number of ether oxygens (including phenoxy) is 1. The van der Waals surface area contributed by atoms with E-state index in [1.54, 1.807) is 9.58 Å². The summed E-state index contributed by atoms with van der Waals surface area (Å²) in [6.07, 6.45) is 4.66. The zero-order valence-corrected chi connectivity index (χ0v) is 11.5. The highest BCUT2D eigenvalue weighted by molar-refractivity contribution is 5.68. The number of carbonyl (C=O) groups is 1. The smallest absolute Gasteiger partial charge is 0.410 e. The first-order chi connectivity index (χ1) is 8.35. The van der Waals surface area contributed by atoms with Gasteiger partial charge in [-0.2, -0.15) is 5.10 Å². The Morgan fingerprint density at radius 1 is 1.50 bits per heavy atom. The molecule has 0 bridgehead atoms. The molecule has 1 fully saturated rings. The zero-order chi connectivity index (χ0) is 13.3. The molecule has 0 aliphatic carbocycles. The Kier molecular flexibility index (Phi) is 3.32. The number of hydrogen-bond donors (Lipinski definition) is 0. The molecule has 1 aliphatic heterocycles. The number of aryl methyl sites for hydroxylation is 1. The molecule has 100 valence electrons. The Bertz CT molecular complexity index is 434. The summed E-state index contributed by atoms with van der Waals surface area (Å²) in [7, 11) is 1.91. The van der Waals surface area contributed by atoms with Crippen molar-refractivity contribution in [1.82, 2.24) is 14.7 Å². The summed E-state index contributed by atoms with van der Waals surface area (Å²) in [5.74, 6) is 0.381. The Morgan fingerprint density at radius 3 is 2.78 bits per heavy atom. The van der Waals surface area contributed by atoms with Gasteiger partial charge in [0.25, 0.3) is 0 Å². The predicted octanol–water partition coefficient (Wildman–Crippen LogP) is 2.14. The van der Waals surface area contributed by atoms with Crippen molar-refractivity contribution >= 4 is 6.09 Å². The van der Waals surface area contributed by atoms with E-state index in [-0.39, 0.29) is 6.09 Å². The van der Waals surface area contributed by atoms with Gasteiger partial charge >= 0.3 is 6.09 Å². The first kappa shape index (κ1) is 12.9. The van der Waals surface area contributed by atoms with Crippen LogP contribution < -0.4 is 0 Å². The first-order valence-corrected chi connectivity index (χ1v) is 6.31. The Morgan fingerprint density at radius 2 is 2.22 bits per heavy atom. The lowest BCUT2D eigenvalue weighted by molar-refractivity contribution is 0.0292. The summed E-state index contributed by atoms with van der Waals surface area (Å²) in [6, 6.07) is 0. The molecule has 1 amide bonds. The maximum atomic E-state index is 11.9. The van der Waals surface area contributed by atoms with Gasteiger partial charge in [0.2, 0.25) is 0 Å². The third-order valence-corrected chi connectivity index (χ3v) is 3.04. The maximum Gasteiger partial charge on any atom is 0.410 e. The van der Waals surface area contributed by atoms with Crippen molar-refractivity contribution < 1.29 is 9.53 Å². The molecule has 18 heavy (non-hydrogen) atoms. The van der Waals surface area contributed by atoms with Gasteiger partial charge in [-0.3, -0.25) is 4.68 Å². The highest BCUT2D eigenvalue weighted by Crippen LogP contribution is 2.27. The van der Waals surface area contributed by atoms with Crippen LogP contribution >= 0.6 is 0 Å². The van der Waals surface area contributed by atoms with Crippen LogP contribution in [0.15, 0.2) is 12.4 Å². The van der Waals surface area contributed by atoms with Crippen molar-refractivity contribution in [2.45, 2.75) is 38.7 Å². The van der Waals surface area contributed by atoms with Gasteiger partial charge in [-0.05, 0) is 32.8 Å². The van der Waals surface area contributed by atoms with Crippen molar-refractivity contribution in [3.8, 4) is 0 Å². The SMILES string of the molecule is Cn1cc(C2CCN(C(=O)OC(C)(C)C)C2)cn1. The van der Waals surface area contributed by atoms with Crippen molar-refractivity contribution in [3.63, 3.8) is 0 Å². The van der Waals surface area contributed by atoms with Crippen LogP contribution in [0.1, 0.15) is 38.7 Å². The van der Waals surface area contributed by atoms with E-state index >= 15 is 0 Å². The molecule has 0 N–H and O–H groups in total. The molecule has 1 atom stereocenters. The highest BCUT2D eigenvalue weighted by atomic mass is 16.6. The van der Waals surface area contributed by atoms with Gasteiger partial charge in [0.05, 0.1) is 6.20 Å². The average Bonchev–Trinajstić information content (AvgIpc) is 2.82. The second-order valence-corrected chi connectivity index (χ2v) is 5.86. The Hall–Kier alpha value is -1.52. The van der Waals surface area contributed by atoms with Crippen molar-refractivity contribution in [3.05, 3.63) is 18.0 Å². The van der Waals surface area contributed by atoms with Gasteiger partial charge in [0.15, 0.2) is 0 Å². The van der Waals surface area contributed by atoms with Gasteiger partial charge in [0.1, 0.15) is 5.60 Å². The van der Waals surface area contributed by atoms with Crippen LogP contribution in [0.2, 0.25) is 0 Å². The molecule has 2 heterocycles. The van der Waals surface area contributed by atoms with Crippen LogP contribution in [0.25, 0.3) is 0 Å². The number of rotatable bonds is 1. The lowest BCUT2D eigenvalue weighted by Gasteiger charge is -2.24. The van der Waals surface area contributed by atoms with E-state index in [1.807, 2.05) is 40.2 Å².